The van der Waals surface area contributed by atoms with Crippen LogP contribution in [0.15, 0.2) is 28.0 Å². The molecular weight excluding hydrogens is 224 g/mol. The Hall–Kier alpha value is -1.74. The second-order valence-electron chi connectivity index (χ2n) is 2.91. The van der Waals surface area contributed by atoms with E-state index in [1.807, 2.05) is 19.1 Å². The van der Waals surface area contributed by atoms with Crippen molar-refractivity contribution in [1.29, 1.82) is 0 Å². The Morgan fingerprint density at radius 3 is 3.25 bits per heavy atom. The molecule has 0 saturated carbocycles. The highest BCUT2D eigenvalue weighted by Crippen LogP contribution is 2.14. The monoisotopic (exact) mass is 234 g/mol. The predicted octanol–water partition coefficient (Wildman–Crippen LogP) is 1.43. The lowest BCUT2D eigenvalue weighted by Gasteiger charge is -1.99. The third-order valence-electron chi connectivity index (χ3n) is 1.83. The van der Waals surface area contributed by atoms with Crippen LogP contribution in [0.4, 0.5) is 0 Å². The van der Waals surface area contributed by atoms with Crippen LogP contribution in [0.2, 0.25) is 0 Å². The van der Waals surface area contributed by atoms with Gasteiger partial charge in [-0.3, -0.25) is 0 Å². The van der Waals surface area contributed by atoms with E-state index in [9.17, 15) is 0 Å². The van der Waals surface area contributed by atoms with Crippen LogP contribution < -0.4 is 0 Å². The number of tetrazole rings is 1. The Balaban J connectivity index is 2.03. The molecule has 5 nitrogen and oxygen atoms in total. The molecule has 0 spiro atoms. The third kappa shape index (κ3) is 2.64. The van der Waals surface area contributed by atoms with Gasteiger partial charge in [-0.15, -0.1) is 11.0 Å². The van der Waals surface area contributed by atoms with Crippen molar-refractivity contribution < 1.29 is 4.42 Å². The predicted molar refractivity (Wildman–Crippen MR) is 59.8 cm³/mol. The van der Waals surface area contributed by atoms with Crippen LogP contribution in [0.3, 0.4) is 0 Å². The average molecular weight is 234 g/mol. The summed E-state index contributed by atoms with van der Waals surface area (Å²) in [7, 11) is 0. The average Bonchev–Trinajstić information content (AvgIpc) is 2.92. The molecule has 2 rings (SSSR count). The Kier molecular flexibility index (Phi) is 3.62. The summed E-state index contributed by atoms with van der Waals surface area (Å²) in [6.07, 6.45) is 1.63. The molecular formula is C10H10N4OS. The summed E-state index contributed by atoms with van der Waals surface area (Å²) in [5.74, 6) is 7.30. The number of nitrogens with zero attached hydrogens (tertiary/aromatic N) is 4. The van der Waals surface area contributed by atoms with E-state index in [1.54, 1.807) is 10.9 Å². The molecule has 2 heterocycles. The molecule has 0 saturated heterocycles. The molecule has 0 N–H and O–H groups in total. The second-order valence-corrected chi connectivity index (χ2v) is 3.86. The molecule has 82 valence electrons. The Bertz CT molecular complexity index is 494. The fourth-order valence-corrected chi connectivity index (χ4v) is 1.81. The molecule has 0 amide bonds. The van der Waals surface area contributed by atoms with Gasteiger partial charge in [-0.05, 0) is 29.5 Å². The largest absolute Gasteiger partial charge is 0.467 e. The lowest BCUT2D eigenvalue weighted by atomic mass is 10.4. The van der Waals surface area contributed by atoms with E-state index < -0.39 is 0 Å². The van der Waals surface area contributed by atoms with E-state index in [0.29, 0.717) is 12.3 Å². The highest BCUT2D eigenvalue weighted by atomic mass is 32.2. The maximum atomic E-state index is 5.23. The summed E-state index contributed by atoms with van der Waals surface area (Å²) in [5, 5.41) is 12.2. The number of aromatic nitrogens is 4. The van der Waals surface area contributed by atoms with Gasteiger partial charge in [0.2, 0.25) is 5.16 Å². The first-order valence-corrected chi connectivity index (χ1v) is 5.69. The quantitative estimate of drug-likeness (QED) is 0.591. The zero-order valence-corrected chi connectivity index (χ0v) is 9.57. The number of rotatable bonds is 4. The normalized spacial score (nSPS) is 9.81. The Morgan fingerprint density at radius 2 is 2.50 bits per heavy atom. The molecule has 0 unspecified atom stereocenters. The van der Waals surface area contributed by atoms with E-state index in [1.165, 1.54) is 11.8 Å². The summed E-state index contributed by atoms with van der Waals surface area (Å²) in [6, 6.07) is 3.73. The first-order chi connectivity index (χ1) is 7.90. The van der Waals surface area contributed by atoms with Crippen molar-refractivity contribution in [2.45, 2.75) is 18.6 Å². The van der Waals surface area contributed by atoms with E-state index in [-0.39, 0.29) is 0 Å². The van der Waals surface area contributed by atoms with E-state index in [0.717, 1.165) is 10.9 Å². The van der Waals surface area contributed by atoms with Crippen LogP contribution in [0.5, 0.6) is 0 Å². The van der Waals surface area contributed by atoms with Gasteiger partial charge in [0.15, 0.2) is 0 Å². The van der Waals surface area contributed by atoms with E-state index >= 15 is 0 Å². The number of furan rings is 1. The number of thioether (sulfide) groups is 1. The van der Waals surface area contributed by atoms with Gasteiger partial charge in [0.1, 0.15) is 12.3 Å². The molecule has 0 radical (unpaired) electrons. The fourth-order valence-electron chi connectivity index (χ4n) is 1.12. The van der Waals surface area contributed by atoms with Gasteiger partial charge in [-0.2, -0.15) is 0 Å². The minimum absolute atomic E-state index is 0.544. The van der Waals surface area contributed by atoms with E-state index in [2.05, 4.69) is 27.4 Å². The molecule has 0 aliphatic heterocycles. The molecule has 2 aromatic rings. The third-order valence-corrected chi connectivity index (χ3v) is 2.67. The van der Waals surface area contributed by atoms with Gasteiger partial charge >= 0.3 is 0 Å². The Morgan fingerprint density at radius 1 is 1.56 bits per heavy atom. The van der Waals surface area contributed by atoms with Crippen LogP contribution in [-0.2, 0) is 6.54 Å². The van der Waals surface area contributed by atoms with Gasteiger partial charge in [0.05, 0.1) is 12.0 Å². The van der Waals surface area contributed by atoms with Crippen molar-refractivity contribution in [3.8, 4) is 11.8 Å². The maximum Gasteiger partial charge on any atom is 0.210 e. The van der Waals surface area contributed by atoms with Crippen molar-refractivity contribution in [3.05, 3.63) is 24.2 Å². The molecule has 0 aliphatic carbocycles. The van der Waals surface area contributed by atoms with Gasteiger partial charge in [-0.25, -0.2) is 4.68 Å². The standard InChI is InChI=1S/C10H10N4OS/c1-2-3-7-16-10-11-12-13-14(10)8-9-5-4-6-15-9/h4-6H,7-8H2,1H3. The van der Waals surface area contributed by atoms with Gasteiger partial charge in [0, 0.05) is 0 Å². The molecule has 2 aromatic heterocycles. The van der Waals surface area contributed by atoms with Crippen molar-refractivity contribution in [3.63, 3.8) is 0 Å². The molecule has 6 heteroatoms. The van der Waals surface area contributed by atoms with Crippen LogP contribution >= 0.6 is 11.8 Å². The van der Waals surface area contributed by atoms with Crippen molar-refractivity contribution in [2.24, 2.45) is 0 Å². The smallest absolute Gasteiger partial charge is 0.210 e. The molecule has 0 bridgehead atoms. The van der Waals surface area contributed by atoms with Gasteiger partial charge in [-0.1, -0.05) is 17.7 Å². The minimum atomic E-state index is 0.544. The van der Waals surface area contributed by atoms with Crippen LogP contribution in [0, 0.1) is 11.8 Å². The van der Waals surface area contributed by atoms with Crippen LogP contribution in [-0.4, -0.2) is 26.0 Å². The fraction of sp³-hybridized carbons (Fsp3) is 0.300. The van der Waals surface area contributed by atoms with E-state index in [4.69, 9.17) is 4.42 Å². The molecule has 16 heavy (non-hydrogen) atoms. The summed E-state index contributed by atoms with van der Waals surface area (Å²) in [6.45, 7) is 2.36. The van der Waals surface area contributed by atoms with Crippen molar-refractivity contribution >= 4 is 11.8 Å². The number of hydrogen-bond donors (Lipinski definition) is 0. The van der Waals surface area contributed by atoms with Crippen molar-refractivity contribution in [1.82, 2.24) is 20.2 Å². The first kappa shape index (κ1) is 10.8. The number of hydrogen-bond acceptors (Lipinski definition) is 5. The lowest BCUT2D eigenvalue weighted by Crippen LogP contribution is -2.03. The van der Waals surface area contributed by atoms with Crippen molar-refractivity contribution in [2.75, 3.05) is 5.75 Å². The SMILES string of the molecule is CC#CCSc1nnnn1Cc1ccco1. The summed E-state index contributed by atoms with van der Waals surface area (Å²) in [5.41, 5.74) is 0. The summed E-state index contributed by atoms with van der Waals surface area (Å²) >= 11 is 1.51. The lowest BCUT2D eigenvalue weighted by molar-refractivity contribution is 0.462. The highest BCUT2D eigenvalue weighted by molar-refractivity contribution is 7.99. The molecule has 0 atom stereocenters. The Labute approximate surface area is 97.2 Å². The zero-order chi connectivity index (χ0) is 11.2. The van der Waals surface area contributed by atoms with Gasteiger partial charge < -0.3 is 4.42 Å². The maximum absolute atomic E-state index is 5.23. The summed E-state index contributed by atoms with van der Waals surface area (Å²) in [4.78, 5) is 0. The first-order valence-electron chi connectivity index (χ1n) is 4.71. The second kappa shape index (κ2) is 5.37. The zero-order valence-electron chi connectivity index (χ0n) is 8.75. The topological polar surface area (TPSA) is 56.7 Å². The van der Waals surface area contributed by atoms with Crippen LogP contribution in [0.1, 0.15) is 12.7 Å². The van der Waals surface area contributed by atoms with Gasteiger partial charge in [0.25, 0.3) is 0 Å². The molecule has 0 fully saturated rings. The summed E-state index contributed by atoms with van der Waals surface area (Å²) < 4.78 is 6.93. The van der Waals surface area contributed by atoms with Crippen LogP contribution in [0.25, 0.3) is 0 Å². The molecule has 0 aliphatic rings. The molecule has 0 aromatic carbocycles. The minimum Gasteiger partial charge on any atom is -0.467 e. The highest BCUT2D eigenvalue weighted by Gasteiger charge is 2.07.